The fraction of sp³-hybridized carbons (Fsp3) is 0.291. The lowest BCUT2D eigenvalue weighted by atomic mass is 9.85. The van der Waals surface area contributed by atoms with Crippen molar-refractivity contribution >= 4 is 63.7 Å². The standard InChI is InChI=1S/C55H52F3N7O7S2/c1-32-47(74-31-61-32)36-12-10-33(11-13-36)28-60-49(68)45-25-40(66)29-63(45)50(69)48(53(2,3)4)62-46(67)30-71-42-8-7-9-43(26-42)72-41-22-17-35(18-23-41)34-14-19-38(20-15-34)65-52(73)64(51(70)54(65,5)6)39-21-16-37(27-59)44(24-39)55(56,57)58/h7-24,26,31,40,45,48,66H,25,28-30H2,1-6H3,(H,60,68)(H,62,67)/t40-,45+,48-/m1/s1. The minimum absolute atomic E-state index is 0.0134. The number of likely N-dealkylation sites (tertiary alicyclic amines) is 1. The van der Waals surface area contributed by atoms with Crippen molar-refractivity contribution in [3.05, 3.63) is 143 Å². The smallest absolute Gasteiger partial charge is 0.417 e. The first kappa shape index (κ1) is 52.7. The number of benzene rings is 5. The van der Waals surface area contributed by atoms with Crippen molar-refractivity contribution < 1.29 is 46.9 Å². The monoisotopic (exact) mass is 1040 g/mol. The normalized spacial score (nSPS) is 17.0. The second kappa shape index (κ2) is 21.1. The molecule has 2 aliphatic rings. The molecule has 8 rings (SSSR count). The lowest BCUT2D eigenvalue weighted by Gasteiger charge is -2.35. The molecule has 382 valence electrons. The predicted octanol–water partition coefficient (Wildman–Crippen LogP) is 9.57. The zero-order chi connectivity index (χ0) is 53.3. The van der Waals surface area contributed by atoms with Crippen molar-refractivity contribution in [3.63, 3.8) is 0 Å². The molecule has 0 aliphatic carbocycles. The quantitative estimate of drug-likeness (QED) is 0.0886. The number of thiocarbonyl (C=S) groups is 1. The average Bonchev–Trinajstić information content (AvgIpc) is 4.03. The number of thiazole rings is 1. The second-order valence-corrected chi connectivity index (χ2v) is 20.8. The van der Waals surface area contributed by atoms with Crippen molar-refractivity contribution in [2.75, 3.05) is 23.0 Å². The first-order chi connectivity index (χ1) is 35.0. The van der Waals surface area contributed by atoms with Crippen LogP contribution >= 0.6 is 23.6 Å². The van der Waals surface area contributed by atoms with Gasteiger partial charge in [-0.3, -0.25) is 24.1 Å². The Morgan fingerprint density at radius 1 is 0.905 bits per heavy atom. The molecule has 0 bridgehead atoms. The van der Waals surface area contributed by atoms with Crippen molar-refractivity contribution in [1.82, 2.24) is 20.5 Å². The lowest BCUT2D eigenvalue weighted by Crippen LogP contribution is -2.58. The number of alkyl halides is 3. The third-order valence-corrected chi connectivity index (χ3v) is 14.1. The third kappa shape index (κ3) is 11.3. The summed E-state index contributed by atoms with van der Waals surface area (Å²) in [7, 11) is 0. The Morgan fingerprint density at radius 3 is 2.16 bits per heavy atom. The molecular weight excluding hydrogens is 992 g/mol. The Morgan fingerprint density at radius 2 is 1.54 bits per heavy atom. The van der Waals surface area contributed by atoms with Gasteiger partial charge < -0.3 is 35.0 Å². The van der Waals surface area contributed by atoms with Gasteiger partial charge in [0.2, 0.25) is 11.8 Å². The minimum Gasteiger partial charge on any atom is -0.484 e. The van der Waals surface area contributed by atoms with Crippen LogP contribution in [0.15, 0.2) is 121 Å². The maximum Gasteiger partial charge on any atom is 0.417 e. The number of amides is 4. The van der Waals surface area contributed by atoms with Gasteiger partial charge in [0.25, 0.3) is 11.8 Å². The molecule has 1 aromatic heterocycles. The van der Waals surface area contributed by atoms with Gasteiger partial charge in [-0.2, -0.15) is 18.4 Å². The van der Waals surface area contributed by atoms with Crippen molar-refractivity contribution in [2.45, 2.75) is 84.4 Å². The zero-order valence-electron chi connectivity index (χ0n) is 41.2. The van der Waals surface area contributed by atoms with Gasteiger partial charge in [-0.15, -0.1) is 11.3 Å². The van der Waals surface area contributed by atoms with Crippen LogP contribution in [0.3, 0.4) is 0 Å². The minimum atomic E-state index is -4.82. The van der Waals surface area contributed by atoms with Crippen LogP contribution in [-0.2, 0) is 31.9 Å². The van der Waals surface area contributed by atoms with E-state index in [2.05, 4.69) is 15.6 Å². The SMILES string of the molecule is Cc1ncsc1-c1ccc(CNC(=O)[C@@H]2C[C@@H](O)CN2C(=O)[C@@H](NC(=O)COc2cccc(Oc3ccc(-c4ccc(N5C(=S)N(c6ccc(C#N)c(C(F)(F)F)c6)C(=O)C5(C)C)cc4)cc3)c2)C(C)(C)C)cc1. The van der Waals surface area contributed by atoms with Gasteiger partial charge in [-0.25, -0.2) is 4.98 Å². The number of aliphatic hydroxyl groups is 1. The van der Waals surface area contributed by atoms with Crippen molar-refractivity contribution in [3.8, 4) is 44.9 Å². The molecule has 0 radical (unpaired) electrons. The third-order valence-electron chi connectivity index (χ3n) is 12.8. The number of carbonyl (C=O) groups excluding carboxylic acids is 4. The molecule has 2 fully saturated rings. The van der Waals surface area contributed by atoms with Crippen LogP contribution in [-0.4, -0.2) is 80.6 Å². The number of aryl methyl sites for hydroxylation is 1. The van der Waals surface area contributed by atoms with Crippen molar-refractivity contribution in [2.24, 2.45) is 5.41 Å². The number of hydrogen-bond donors (Lipinski definition) is 3. The number of nitrogens with one attached hydrogen (secondary N) is 2. The molecule has 5 aromatic carbocycles. The Bertz CT molecular complexity index is 3150. The molecular formula is C55H52F3N7O7S2. The van der Waals surface area contributed by atoms with Crippen LogP contribution in [0.25, 0.3) is 21.6 Å². The Hall–Kier alpha value is -7.66. The van der Waals surface area contributed by atoms with Crippen LogP contribution in [0.1, 0.15) is 63.4 Å². The molecule has 6 aromatic rings. The number of aromatic nitrogens is 1. The Kier molecular flexibility index (Phi) is 15.0. The van der Waals surface area contributed by atoms with E-state index in [1.54, 1.807) is 111 Å². The summed E-state index contributed by atoms with van der Waals surface area (Å²) in [6.07, 6.45) is -5.68. The molecule has 0 spiro atoms. The van der Waals surface area contributed by atoms with E-state index in [1.165, 1.54) is 11.0 Å². The second-order valence-electron chi connectivity index (χ2n) is 19.5. The summed E-state index contributed by atoms with van der Waals surface area (Å²) in [5.74, 6) is -0.755. The van der Waals surface area contributed by atoms with Gasteiger partial charge in [0.05, 0.1) is 45.1 Å². The summed E-state index contributed by atoms with van der Waals surface area (Å²) in [6.45, 7) is 10.3. The molecule has 0 saturated carbocycles. The summed E-state index contributed by atoms with van der Waals surface area (Å²) in [5, 5.41) is 25.6. The number of rotatable bonds is 14. The zero-order valence-corrected chi connectivity index (χ0v) is 42.8. The van der Waals surface area contributed by atoms with Crippen LogP contribution in [0.2, 0.25) is 0 Å². The number of β-amino-alcohol motifs (C(OH)–C–C–N with tert-alkyl or cyclic N) is 1. The number of hydrogen-bond acceptors (Lipinski definition) is 11. The molecule has 4 amide bonds. The van der Waals surface area contributed by atoms with Crippen LogP contribution in [0, 0.1) is 23.7 Å². The van der Waals surface area contributed by atoms with E-state index in [-0.39, 0.29) is 30.3 Å². The number of carbonyl (C=O) groups is 4. The lowest BCUT2D eigenvalue weighted by molar-refractivity contribution is -0.144. The number of anilines is 2. The maximum atomic E-state index is 14.1. The highest BCUT2D eigenvalue weighted by molar-refractivity contribution is 7.81. The van der Waals surface area contributed by atoms with E-state index in [0.717, 1.165) is 49.9 Å². The fourth-order valence-electron chi connectivity index (χ4n) is 8.87. The van der Waals surface area contributed by atoms with E-state index < -0.39 is 76.7 Å². The number of aliphatic hydroxyl groups excluding tert-OH is 1. The maximum absolute atomic E-state index is 14.1. The topological polar surface area (TPSA) is 177 Å². The van der Waals surface area contributed by atoms with Crippen LogP contribution in [0.4, 0.5) is 24.5 Å². The summed E-state index contributed by atoms with van der Waals surface area (Å²) < 4.78 is 53.4. The average molecular weight is 1040 g/mol. The Balaban J connectivity index is 0.853. The summed E-state index contributed by atoms with van der Waals surface area (Å²) in [5.41, 5.74) is 2.97. The van der Waals surface area contributed by atoms with E-state index >= 15 is 0 Å². The molecule has 2 saturated heterocycles. The molecule has 14 nitrogen and oxygen atoms in total. The molecule has 3 heterocycles. The highest BCUT2D eigenvalue weighted by Crippen LogP contribution is 2.41. The fourth-order valence-corrected chi connectivity index (χ4v) is 10.2. The Labute approximate surface area is 435 Å². The molecule has 3 N–H and O–H groups in total. The summed E-state index contributed by atoms with van der Waals surface area (Å²) in [6, 6.07) is 31.5. The van der Waals surface area contributed by atoms with Gasteiger partial charge in [0.1, 0.15) is 34.9 Å². The predicted molar refractivity (Wildman–Crippen MR) is 278 cm³/mol. The summed E-state index contributed by atoms with van der Waals surface area (Å²) >= 11 is 7.24. The van der Waals surface area contributed by atoms with Gasteiger partial charge in [-0.05, 0) is 115 Å². The molecule has 0 unspecified atom stereocenters. The number of ether oxygens (including phenoxy) is 2. The van der Waals surface area contributed by atoms with E-state index in [1.807, 2.05) is 55.5 Å². The first-order valence-corrected chi connectivity index (χ1v) is 24.8. The van der Waals surface area contributed by atoms with Gasteiger partial charge in [-0.1, -0.05) is 75.4 Å². The van der Waals surface area contributed by atoms with Gasteiger partial charge in [0, 0.05) is 31.3 Å². The van der Waals surface area contributed by atoms with E-state index in [4.69, 9.17) is 21.7 Å². The first-order valence-electron chi connectivity index (χ1n) is 23.5. The van der Waals surface area contributed by atoms with Gasteiger partial charge in [0.15, 0.2) is 11.7 Å². The molecule has 2 aliphatic heterocycles. The highest BCUT2D eigenvalue weighted by Gasteiger charge is 2.51. The number of halogens is 3. The molecule has 19 heteroatoms. The number of nitrogens with zero attached hydrogens (tertiary/aromatic N) is 5. The number of nitriles is 1. The summed E-state index contributed by atoms with van der Waals surface area (Å²) in [4.78, 5) is 64.1. The van der Waals surface area contributed by atoms with E-state index in [9.17, 15) is 42.7 Å². The molecule has 3 atom stereocenters. The van der Waals surface area contributed by atoms with Crippen LogP contribution < -0.4 is 29.9 Å². The largest absolute Gasteiger partial charge is 0.484 e. The highest BCUT2D eigenvalue weighted by atomic mass is 32.1. The van der Waals surface area contributed by atoms with E-state index in [0.29, 0.717) is 22.9 Å². The van der Waals surface area contributed by atoms with Gasteiger partial charge >= 0.3 is 6.18 Å². The molecule has 74 heavy (non-hydrogen) atoms. The van der Waals surface area contributed by atoms with Crippen LogP contribution in [0.5, 0.6) is 17.2 Å². The van der Waals surface area contributed by atoms with Crippen molar-refractivity contribution in [1.29, 1.82) is 5.26 Å².